The Morgan fingerprint density at radius 1 is 0.826 bits per heavy atom. The summed E-state index contributed by atoms with van der Waals surface area (Å²) in [5.41, 5.74) is 0. The highest BCUT2D eigenvalue weighted by Gasteiger charge is 2.14. The third-order valence-electron chi connectivity index (χ3n) is 4.42. The van der Waals surface area contributed by atoms with E-state index in [1.54, 1.807) is 6.26 Å². The van der Waals surface area contributed by atoms with Gasteiger partial charge in [-0.1, -0.05) is 85.0 Å². The third-order valence-corrected chi connectivity index (χ3v) is 4.42. The lowest BCUT2D eigenvalue weighted by Crippen LogP contribution is -2.10. The summed E-state index contributed by atoms with van der Waals surface area (Å²) in [6.45, 7) is 6.54. The summed E-state index contributed by atoms with van der Waals surface area (Å²) < 4.78 is 5.18. The Morgan fingerprint density at radius 3 is 1.91 bits per heavy atom. The molecule has 23 heavy (non-hydrogen) atoms. The monoisotopic (exact) mass is 324 g/mol. The zero-order chi connectivity index (χ0) is 17.2. The van der Waals surface area contributed by atoms with Crippen LogP contribution in [0, 0.1) is 5.92 Å². The highest BCUT2D eigenvalue weighted by atomic mass is 16.5. The van der Waals surface area contributed by atoms with Gasteiger partial charge in [-0.3, -0.25) is 4.79 Å². The fraction of sp³-hybridized carbons (Fsp3) is 0.857. The number of ether oxygens (including phenoxy) is 1. The number of allylic oxidation sites excluding steroid dienone is 1. The first-order valence-corrected chi connectivity index (χ1v) is 10.1. The molecule has 0 aromatic rings. The van der Waals surface area contributed by atoms with E-state index in [1.807, 2.05) is 13.0 Å². The molecule has 0 aromatic carbocycles. The quantitative estimate of drug-likeness (QED) is 0.171. The number of carbonyl (C=O) groups excluding carboxylic acids is 1. The molecule has 136 valence electrons. The van der Waals surface area contributed by atoms with E-state index < -0.39 is 0 Å². The van der Waals surface area contributed by atoms with Crippen LogP contribution >= 0.6 is 0 Å². The maximum atomic E-state index is 11.9. The summed E-state index contributed by atoms with van der Waals surface area (Å²) in [7, 11) is 0. The Kier molecular flexibility index (Phi) is 17.0. The molecule has 0 aromatic heterocycles. The Balaban J connectivity index is 4.01. The maximum Gasteiger partial charge on any atom is 0.310 e. The number of unbranched alkanes of at least 4 members (excludes halogenated alkanes) is 8. The standard InChI is InChI=1S/C21H40O2/c1-4-7-10-12-13-15-17-20(16-14-11-8-5-2)19-21(22)23-18-9-6-3/h9,18,20H,4-8,10-17,19H2,1-3H3/b18-9+. The van der Waals surface area contributed by atoms with Crippen molar-refractivity contribution in [1.29, 1.82) is 0 Å². The van der Waals surface area contributed by atoms with Gasteiger partial charge >= 0.3 is 5.97 Å². The van der Waals surface area contributed by atoms with E-state index in [0.717, 1.165) is 6.42 Å². The van der Waals surface area contributed by atoms with Crippen molar-refractivity contribution in [2.75, 3.05) is 0 Å². The van der Waals surface area contributed by atoms with Gasteiger partial charge in [-0.05, 0) is 31.3 Å². The first-order valence-electron chi connectivity index (χ1n) is 10.1. The van der Waals surface area contributed by atoms with E-state index >= 15 is 0 Å². The van der Waals surface area contributed by atoms with Crippen LogP contribution in [0.25, 0.3) is 0 Å². The molecular weight excluding hydrogens is 284 g/mol. The van der Waals surface area contributed by atoms with E-state index in [2.05, 4.69) is 13.8 Å². The average Bonchev–Trinajstić information content (AvgIpc) is 2.54. The van der Waals surface area contributed by atoms with Gasteiger partial charge < -0.3 is 4.74 Å². The lowest BCUT2D eigenvalue weighted by Gasteiger charge is -2.15. The van der Waals surface area contributed by atoms with Crippen LogP contribution in [-0.2, 0) is 9.53 Å². The van der Waals surface area contributed by atoms with Gasteiger partial charge in [0.2, 0.25) is 0 Å². The number of hydrogen-bond donors (Lipinski definition) is 0. The lowest BCUT2D eigenvalue weighted by molar-refractivity contribution is -0.139. The summed E-state index contributed by atoms with van der Waals surface area (Å²) in [5.74, 6) is 0.460. The molecule has 0 saturated heterocycles. The van der Waals surface area contributed by atoms with Crippen LogP contribution in [0.4, 0.5) is 0 Å². The van der Waals surface area contributed by atoms with Gasteiger partial charge in [0.25, 0.3) is 0 Å². The summed E-state index contributed by atoms with van der Waals surface area (Å²) in [4.78, 5) is 11.9. The van der Waals surface area contributed by atoms with E-state index in [-0.39, 0.29) is 5.97 Å². The SMILES string of the molecule is CC/C=C/OC(=O)CC(CCCCCC)CCCCCCCC. The van der Waals surface area contributed by atoms with E-state index in [9.17, 15) is 4.79 Å². The van der Waals surface area contributed by atoms with Gasteiger partial charge in [0.05, 0.1) is 6.26 Å². The first-order chi connectivity index (χ1) is 11.2. The molecule has 0 fully saturated rings. The molecule has 0 radical (unpaired) electrons. The molecule has 0 bridgehead atoms. The Labute approximate surface area is 145 Å². The van der Waals surface area contributed by atoms with Crippen LogP contribution < -0.4 is 0 Å². The van der Waals surface area contributed by atoms with E-state index in [0.29, 0.717) is 12.3 Å². The second-order valence-electron chi connectivity index (χ2n) is 6.75. The minimum absolute atomic E-state index is 0.0545. The fourth-order valence-corrected chi connectivity index (χ4v) is 2.93. The van der Waals surface area contributed by atoms with Gasteiger partial charge in [-0.15, -0.1) is 0 Å². The van der Waals surface area contributed by atoms with Crippen LogP contribution in [0.1, 0.15) is 111 Å². The molecule has 0 heterocycles. The van der Waals surface area contributed by atoms with Crippen molar-refractivity contribution < 1.29 is 9.53 Å². The molecule has 0 rings (SSSR count). The highest BCUT2D eigenvalue weighted by Crippen LogP contribution is 2.22. The summed E-state index contributed by atoms with van der Waals surface area (Å²) in [5, 5.41) is 0. The summed E-state index contributed by atoms with van der Waals surface area (Å²) >= 11 is 0. The zero-order valence-corrected chi connectivity index (χ0v) is 15.9. The van der Waals surface area contributed by atoms with E-state index in [1.165, 1.54) is 77.0 Å². The molecule has 0 amide bonds. The minimum Gasteiger partial charge on any atom is -0.435 e. The van der Waals surface area contributed by atoms with Gasteiger partial charge in [-0.25, -0.2) is 0 Å². The molecule has 1 atom stereocenters. The molecule has 0 aliphatic heterocycles. The second-order valence-corrected chi connectivity index (χ2v) is 6.75. The molecular formula is C21H40O2. The number of carbonyl (C=O) groups is 1. The maximum absolute atomic E-state index is 11.9. The van der Waals surface area contributed by atoms with Crippen molar-refractivity contribution in [3.8, 4) is 0 Å². The number of hydrogen-bond acceptors (Lipinski definition) is 2. The summed E-state index contributed by atoms with van der Waals surface area (Å²) in [6, 6.07) is 0. The van der Waals surface area contributed by atoms with Crippen LogP contribution in [-0.4, -0.2) is 5.97 Å². The van der Waals surface area contributed by atoms with Gasteiger partial charge in [0.1, 0.15) is 0 Å². The Hall–Kier alpha value is -0.790. The lowest BCUT2D eigenvalue weighted by atomic mass is 9.91. The third kappa shape index (κ3) is 15.9. The minimum atomic E-state index is -0.0545. The summed E-state index contributed by atoms with van der Waals surface area (Å²) in [6.07, 6.45) is 20.4. The van der Waals surface area contributed by atoms with Crippen LogP contribution in [0.15, 0.2) is 12.3 Å². The van der Waals surface area contributed by atoms with Crippen molar-refractivity contribution in [3.05, 3.63) is 12.3 Å². The predicted octanol–water partition coefficient (Wildman–Crippen LogP) is 7.18. The molecule has 0 aliphatic carbocycles. The van der Waals surface area contributed by atoms with Crippen LogP contribution in [0.3, 0.4) is 0 Å². The van der Waals surface area contributed by atoms with Gasteiger partial charge in [0.15, 0.2) is 0 Å². The number of rotatable bonds is 16. The molecule has 0 saturated carbocycles. The zero-order valence-electron chi connectivity index (χ0n) is 15.9. The van der Waals surface area contributed by atoms with Crippen LogP contribution in [0.5, 0.6) is 0 Å². The molecule has 0 spiro atoms. The molecule has 2 nitrogen and oxygen atoms in total. The predicted molar refractivity (Wildman–Crippen MR) is 100 cm³/mol. The van der Waals surface area contributed by atoms with Crippen molar-refractivity contribution in [3.63, 3.8) is 0 Å². The number of esters is 1. The Bertz CT molecular complexity index is 284. The normalized spacial score (nSPS) is 12.7. The van der Waals surface area contributed by atoms with Gasteiger partial charge in [0, 0.05) is 6.42 Å². The topological polar surface area (TPSA) is 26.3 Å². The highest BCUT2D eigenvalue weighted by molar-refractivity contribution is 5.70. The molecule has 0 aliphatic rings. The van der Waals surface area contributed by atoms with Crippen molar-refractivity contribution >= 4 is 5.97 Å². The molecule has 2 heteroatoms. The smallest absolute Gasteiger partial charge is 0.310 e. The van der Waals surface area contributed by atoms with E-state index in [4.69, 9.17) is 4.74 Å². The fourth-order valence-electron chi connectivity index (χ4n) is 2.93. The van der Waals surface area contributed by atoms with Crippen molar-refractivity contribution in [2.24, 2.45) is 5.92 Å². The average molecular weight is 325 g/mol. The molecule has 1 unspecified atom stereocenters. The van der Waals surface area contributed by atoms with Crippen LogP contribution in [0.2, 0.25) is 0 Å². The largest absolute Gasteiger partial charge is 0.435 e. The second kappa shape index (κ2) is 17.6. The Morgan fingerprint density at radius 2 is 1.35 bits per heavy atom. The first kappa shape index (κ1) is 22.2. The molecule has 0 N–H and O–H groups in total. The van der Waals surface area contributed by atoms with Gasteiger partial charge in [-0.2, -0.15) is 0 Å². The van der Waals surface area contributed by atoms with Crippen molar-refractivity contribution in [1.82, 2.24) is 0 Å². The van der Waals surface area contributed by atoms with Crippen molar-refractivity contribution in [2.45, 2.75) is 111 Å².